The van der Waals surface area contributed by atoms with Crippen LogP contribution in [0.1, 0.15) is 5.56 Å². The van der Waals surface area contributed by atoms with Gasteiger partial charge in [0.25, 0.3) is 10.0 Å². The number of sulfonamides is 1. The zero-order valence-corrected chi connectivity index (χ0v) is 12.6. The molecule has 0 aliphatic carbocycles. The largest absolute Gasteiger partial charge is 0.260 e. The first kappa shape index (κ1) is 15.5. The van der Waals surface area contributed by atoms with Gasteiger partial charge >= 0.3 is 0 Å². The van der Waals surface area contributed by atoms with Crippen LogP contribution in [0, 0.1) is 11.6 Å². The Hall–Kier alpha value is -2.39. The van der Waals surface area contributed by atoms with Crippen LogP contribution in [0.25, 0.3) is 11.0 Å². The standard InChI is InChI=1S/C14H12F2N4O2S/c15-10-6-9(7-11(16)8-10)3-5-18-23(21,22)14-12-2-1-4-17-13(12)19-20-14/h1-2,4,6-8,18H,3,5H2,(H,17,19,20). The first-order valence-corrected chi connectivity index (χ1v) is 8.18. The number of fused-ring (bicyclic) bond motifs is 1. The molecule has 9 heteroatoms. The molecule has 0 aliphatic rings. The molecule has 2 heterocycles. The SMILES string of the molecule is O=S(=O)(NCCc1cc(F)cc(F)c1)c1n[nH]c2ncccc12. The summed E-state index contributed by atoms with van der Waals surface area (Å²) >= 11 is 0. The Labute approximate surface area is 130 Å². The lowest BCUT2D eigenvalue weighted by Crippen LogP contribution is -2.26. The number of benzene rings is 1. The van der Waals surface area contributed by atoms with E-state index in [1.54, 1.807) is 12.1 Å². The molecule has 0 atom stereocenters. The monoisotopic (exact) mass is 338 g/mol. The highest BCUT2D eigenvalue weighted by atomic mass is 32.2. The van der Waals surface area contributed by atoms with E-state index < -0.39 is 21.7 Å². The maximum Gasteiger partial charge on any atom is 0.260 e. The van der Waals surface area contributed by atoms with E-state index >= 15 is 0 Å². The van der Waals surface area contributed by atoms with E-state index in [2.05, 4.69) is 19.9 Å². The summed E-state index contributed by atoms with van der Waals surface area (Å²) in [5, 5.41) is 6.51. The predicted octanol–water partition coefficient (Wildman–Crippen LogP) is 1.76. The van der Waals surface area contributed by atoms with Crippen LogP contribution in [0.5, 0.6) is 0 Å². The minimum Gasteiger partial charge on any atom is -0.259 e. The van der Waals surface area contributed by atoms with Gasteiger partial charge in [-0.05, 0) is 36.2 Å². The number of rotatable bonds is 5. The van der Waals surface area contributed by atoms with Crippen molar-refractivity contribution >= 4 is 21.1 Å². The summed E-state index contributed by atoms with van der Waals surface area (Å²) in [6.07, 6.45) is 1.66. The number of nitrogens with one attached hydrogen (secondary N) is 2. The molecule has 120 valence electrons. The Balaban J connectivity index is 1.74. The van der Waals surface area contributed by atoms with Crippen LogP contribution in [0.15, 0.2) is 41.6 Å². The predicted molar refractivity (Wildman–Crippen MR) is 79.1 cm³/mol. The lowest BCUT2D eigenvalue weighted by molar-refractivity contribution is 0.574. The van der Waals surface area contributed by atoms with Crippen LogP contribution in [-0.4, -0.2) is 30.1 Å². The summed E-state index contributed by atoms with van der Waals surface area (Å²) in [4.78, 5) is 3.97. The number of hydrogen-bond donors (Lipinski definition) is 2. The zero-order chi connectivity index (χ0) is 16.4. The molecule has 2 aromatic heterocycles. The molecule has 2 N–H and O–H groups in total. The lowest BCUT2D eigenvalue weighted by Gasteiger charge is -2.05. The molecule has 0 unspecified atom stereocenters. The molecule has 1 aromatic carbocycles. The number of pyridine rings is 1. The van der Waals surface area contributed by atoms with E-state index in [1.165, 1.54) is 6.20 Å². The van der Waals surface area contributed by atoms with Gasteiger partial charge in [-0.3, -0.25) is 5.10 Å². The minimum absolute atomic E-state index is 0.0140. The second-order valence-corrected chi connectivity index (χ2v) is 6.54. The topological polar surface area (TPSA) is 87.7 Å². The Kier molecular flexibility index (Phi) is 4.05. The molecule has 23 heavy (non-hydrogen) atoms. The second-order valence-electron chi connectivity index (χ2n) is 4.85. The van der Waals surface area contributed by atoms with Gasteiger partial charge in [0.1, 0.15) is 11.6 Å². The number of halogens is 2. The lowest BCUT2D eigenvalue weighted by atomic mass is 10.1. The van der Waals surface area contributed by atoms with E-state index in [-0.39, 0.29) is 18.0 Å². The van der Waals surface area contributed by atoms with E-state index in [9.17, 15) is 17.2 Å². The summed E-state index contributed by atoms with van der Waals surface area (Å²) < 4.78 is 53.1. The van der Waals surface area contributed by atoms with E-state index in [0.29, 0.717) is 16.6 Å². The number of nitrogens with zero attached hydrogens (tertiary/aromatic N) is 2. The van der Waals surface area contributed by atoms with Gasteiger partial charge in [0.05, 0.1) is 5.39 Å². The summed E-state index contributed by atoms with van der Waals surface area (Å²) in [6, 6.07) is 6.27. The van der Waals surface area contributed by atoms with Crippen LogP contribution in [0.3, 0.4) is 0 Å². The summed E-state index contributed by atoms with van der Waals surface area (Å²) in [5.41, 5.74) is 0.721. The molecular weight excluding hydrogens is 326 g/mol. The third kappa shape index (κ3) is 3.35. The second kappa shape index (κ2) is 6.01. The molecule has 0 bridgehead atoms. The van der Waals surface area contributed by atoms with Gasteiger partial charge in [0, 0.05) is 18.8 Å². The summed E-state index contributed by atoms with van der Waals surface area (Å²) in [7, 11) is -3.85. The molecule has 0 aliphatic heterocycles. The Morgan fingerprint density at radius 2 is 1.91 bits per heavy atom. The molecular formula is C14H12F2N4O2S. The van der Waals surface area contributed by atoms with Crippen molar-refractivity contribution in [1.82, 2.24) is 19.9 Å². The van der Waals surface area contributed by atoms with Crippen LogP contribution < -0.4 is 4.72 Å². The first-order chi connectivity index (χ1) is 11.0. The van der Waals surface area contributed by atoms with E-state index in [1.807, 2.05) is 0 Å². The number of aromatic nitrogens is 3. The summed E-state index contributed by atoms with van der Waals surface area (Å²) in [5.74, 6) is -1.40. The molecule has 3 aromatic rings. The number of aromatic amines is 1. The van der Waals surface area contributed by atoms with Crippen molar-refractivity contribution in [2.24, 2.45) is 0 Å². The van der Waals surface area contributed by atoms with Gasteiger partial charge < -0.3 is 0 Å². The van der Waals surface area contributed by atoms with Gasteiger partial charge in [0.15, 0.2) is 5.65 Å². The highest BCUT2D eigenvalue weighted by Gasteiger charge is 2.20. The normalized spacial score (nSPS) is 11.9. The maximum atomic E-state index is 13.1. The molecule has 0 amide bonds. The Morgan fingerprint density at radius 3 is 2.65 bits per heavy atom. The number of H-pyrrole nitrogens is 1. The average Bonchev–Trinajstić information content (AvgIpc) is 2.90. The van der Waals surface area contributed by atoms with Crippen molar-refractivity contribution in [3.05, 3.63) is 53.7 Å². The van der Waals surface area contributed by atoms with Crippen LogP contribution in [0.4, 0.5) is 8.78 Å². The minimum atomic E-state index is -3.85. The van der Waals surface area contributed by atoms with Crippen molar-refractivity contribution in [3.63, 3.8) is 0 Å². The molecule has 0 fully saturated rings. The molecule has 6 nitrogen and oxygen atoms in total. The fraction of sp³-hybridized carbons (Fsp3) is 0.143. The van der Waals surface area contributed by atoms with Crippen LogP contribution in [0.2, 0.25) is 0 Å². The third-order valence-corrected chi connectivity index (χ3v) is 4.59. The molecule has 0 saturated heterocycles. The third-order valence-electron chi connectivity index (χ3n) is 3.18. The van der Waals surface area contributed by atoms with Crippen molar-refractivity contribution in [2.75, 3.05) is 6.54 Å². The smallest absolute Gasteiger partial charge is 0.259 e. The van der Waals surface area contributed by atoms with Gasteiger partial charge in [-0.1, -0.05) is 0 Å². The van der Waals surface area contributed by atoms with Gasteiger partial charge in [-0.2, -0.15) is 5.10 Å². The zero-order valence-electron chi connectivity index (χ0n) is 11.8. The highest BCUT2D eigenvalue weighted by Crippen LogP contribution is 2.17. The van der Waals surface area contributed by atoms with Crippen molar-refractivity contribution < 1.29 is 17.2 Å². The van der Waals surface area contributed by atoms with Crippen molar-refractivity contribution in [2.45, 2.75) is 11.4 Å². The van der Waals surface area contributed by atoms with E-state index in [0.717, 1.165) is 18.2 Å². The molecule has 0 spiro atoms. The fourth-order valence-corrected chi connectivity index (χ4v) is 3.32. The van der Waals surface area contributed by atoms with Crippen molar-refractivity contribution in [1.29, 1.82) is 0 Å². The maximum absolute atomic E-state index is 13.1. The number of hydrogen-bond acceptors (Lipinski definition) is 4. The molecule has 0 saturated carbocycles. The highest BCUT2D eigenvalue weighted by molar-refractivity contribution is 7.89. The van der Waals surface area contributed by atoms with Gasteiger partial charge in [-0.15, -0.1) is 0 Å². The first-order valence-electron chi connectivity index (χ1n) is 6.69. The molecule has 0 radical (unpaired) electrons. The summed E-state index contributed by atoms with van der Waals surface area (Å²) in [6.45, 7) is -0.0140. The molecule has 3 rings (SSSR count). The van der Waals surface area contributed by atoms with E-state index in [4.69, 9.17) is 0 Å². The Morgan fingerprint density at radius 1 is 1.17 bits per heavy atom. The van der Waals surface area contributed by atoms with Crippen molar-refractivity contribution in [3.8, 4) is 0 Å². The average molecular weight is 338 g/mol. The van der Waals surface area contributed by atoms with Gasteiger partial charge in [0.2, 0.25) is 5.03 Å². The van der Waals surface area contributed by atoms with Crippen LogP contribution >= 0.6 is 0 Å². The Bertz CT molecular complexity index is 936. The fourth-order valence-electron chi connectivity index (χ4n) is 2.19. The quantitative estimate of drug-likeness (QED) is 0.742. The van der Waals surface area contributed by atoms with Crippen LogP contribution in [-0.2, 0) is 16.4 Å². The van der Waals surface area contributed by atoms with Gasteiger partial charge in [-0.25, -0.2) is 26.9 Å².